The summed E-state index contributed by atoms with van der Waals surface area (Å²) in [5.41, 5.74) is 0.285. The highest BCUT2D eigenvalue weighted by molar-refractivity contribution is 6.02. The Kier molecular flexibility index (Phi) is 5.98. The minimum absolute atomic E-state index is 0.00698. The van der Waals surface area contributed by atoms with Gasteiger partial charge in [-0.3, -0.25) is 19.7 Å². The highest BCUT2D eigenvalue weighted by atomic mass is 16.6. The first kappa shape index (κ1) is 19.7. The predicted molar refractivity (Wildman–Crippen MR) is 106 cm³/mol. The van der Waals surface area contributed by atoms with E-state index in [1.165, 1.54) is 18.2 Å². The molecule has 0 spiro atoms. The van der Waals surface area contributed by atoms with Crippen molar-refractivity contribution >= 4 is 17.3 Å². The molecule has 3 rings (SSSR count). The molecule has 148 valence electrons. The number of amides is 1. The summed E-state index contributed by atoms with van der Waals surface area (Å²) in [4.78, 5) is 35.0. The second-order valence-electron chi connectivity index (χ2n) is 6.15. The standard InChI is InChI=1S/C20H18N4O5/c1-14-7-8-15(13-18(14)24(27)28)21-20(26)17-9-10-19(25)23(22-17)11-12-29-16-5-3-2-4-6-16/h2-10,13H,11-12H2,1H3,(H,21,26). The van der Waals surface area contributed by atoms with E-state index in [0.29, 0.717) is 11.3 Å². The molecule has 0 bridgehead atoms. The summed E-state index contributed by atoms with van der Waals surface area (Å²) in [6, 6.07) is 16.0. The normalized spacial score (nSPS) is 10.4. The molecule has 0 atom stereocenters. The quantitative estimate of drug-likeness (QED) is 0.486. The van der Waals surface area contributed by atoms with E-state index < -0.39 is 10.8 Å². The maximum atomic E-state index is 12.4. The lowest BCUT2D eigenvalue weighted by Gasteiger charge is -2.09. The second-order valence-corrected chi connectivity index (χ2v) is 6.15. The SMILES string of the molecule is Cc1ccc(NC(=O)c2ccc(=O)n(CCOc3ccccc3)n2)cc1[N+](=O)[O-]. The Labute approximate surface area is 165 Å². The van der Waals surface area contributed by atoms with E-state index >= 15 is 0 Å². The molecule has 0 saturated carbocycles. The summed E-state index contributed by atoms with van der Waals surface area (Å²) in [5.74, 6) is 0.0799. The van der Waals surface area contributed by atoms with E-state index in [4.69, 9.17) is 4.74 Å². The number of nitrogens with zero attached hydrogens (tertiary/aromatic N) is 3. The number of aryl methyl sites for hydroxylation is 1. The van der Waals surface area contributed by atoms with Crippen LogP contribution in [0.3, 0.4) is 0 Å². The van der Waals surface area contributed by atoms with E-state index in [1.807, 2.05) is 18.2 Å². The van der Waals surface area contributed by atoms with Gasteiger partial charge in [0.2, 0.25) is 0 Å². The van der Waals surface area contributed by atoms with Crippen LogP contribution >= 0.6 is 0 Å². The van der Waals surface area contributed by atoms with Gasteiger partial charge in [-0.25, -0.2) is 4.68 Å². The van der Waals surface area contributed by atoms with E-state index in [-0.39, 0.29) is 35.8 Å². The van der Waals surface area contributed by atoms with Gasteiger partial charge >= 0.3 is 0 Å². The lowest BCUT2D eigenvalue weighted by atomic mass is 10.2. The number of anilines is 1. The zero-order valence-corrected chi connectivity index (χ0v) is 15.6. The summed E-state index contributed by atoms with van der Waals surface area (Å²) >= 11 is 0. The third-order valence-corrected chi connectivity index (χ3v) is 4.08. The van der Waals surface area contributed by atoms with E-state index in [1.54, 1.807) is 31.2 Å². The van der Waals surface area contributed by atoms with Gasteiger partial charge in [0.05, 0.1) is 11.5 Å². The number of aromatic nitrogens is 2. The number of ether oxygens (including phenoxy) is 1. The molecular weight excluding hydrogens is 376 g/mol. The summed E-state index contributed by atoms with van der Waals surface area (Å²) < 4.78 is 6.68. The number of rotatable bonds is 7. The van der Waals surface area contributed by atoms with Crippen LogP contribution < -0.4 is 15.6 Å². The van der Waals surface area contributed by atoms with Crippen molar-refractivity contribution in [3.05, 3.63) is 92.4 Å². The number of nitro groups is 1. The Bertz CT molecular complexity index is 1100. The molecule has 29 heavy (non-hydrogen) atoms. The van der Waals surface area contributed by atoms with Gasteiger partial charge in [-0.15, -0.1) is 0 Å². The molecule has 0 radical (unpaired) electrons. The van der Waals surface area contributed by atoms with Gasteiger partial charge in [0.1, 0.15) is 18.1 Å². The first-order chi connectivity index (χ1) is 13.9. The summed E-state index contributed by atoms with van der Waals surface area (Å²) in [7, 11) is 0. The van der Waals surface area contributed by atoms with Crippen molar-refractivity contribution in [3.63, 3.8) is 0 Å². The van der Waals surface area contributed by atoms with Crippen molar-refractivity contribution in [1.82, 2.24) is 9.78 Å². The van der Waals surface area contributed by atoms with Crippen LogP contribution in [0.1, 0.15) is 16.1 Å². The molecule has 0 saturated heterocycles. The smallest absolute Gasteiger partial charge is 0.276 e. The number of hydrogen-bond donors (Lipinski definition) is 1. The maximum Gasteiger partial charge on any atom is 0.276 e. The van der Waals surface area contributed by atoms with Crippen molar-refractivity contribution in [3.8, 4) is 5.75 Å². The van der Waals surface area contributed by atoms with Crippen LogP contribution in [0.25, 0.3) is 0 Å². The number of hydrogen-bond acceptors (Lipinski definition) is 6. The van der Waals surface area contributed by atoms with Crippen LogP contribution in [0, 0.1) is 17.0 Å². The summed E-state index contributed by atoms with van der Waals surface area (Å²) in [6.07, 6.45) is 0. The molecule has 1 heterocycles. The Morgan fingerprint density at radius 2 is 1.93 bits per heavy atom. The fourth-order valence-corrected chi connectivity index (χ4v) is 2.58. The number of para-hydroxylation sites is 1. The number of carbonyl (C=O) groups excluding carboxylic acids is 1. The van der Waals surface area contributed by atoms with Crippen LogP contribution in [-0.4, -0.2) is 27.2 Å². The van der Waals surface area contributed by atoms with Crippen LogP contribution in [0.5, 0.6) is 5.75 Å². The maximum absolute atomic E-state index is 12.4. The monoisotopic (exact) mass is 394 g/mol. The van der Waals surface area contributed by atoms with Crippen molar-refractivity contribution < 1.29 is 14.5 Å². The summed E-state index contributed by atoms with van der Waals surface area (Å²) in [6.45, 7) is 1.97. The van der Waals surface area contributed by atoms with E-state index in [2.05, 4.69) is 10.4 Å². The molecule has 0 unspecified atom stereocenters. The molecule has 1 aromatic heterocycles. The van der Waals surface area contributed by atoms with Gasteiger partial charge in [0, 0.05) is 23.4 Å². The lowest BCUT2D eigenvalue weighted by molar-refractivity contribution is -0.385. The molecule has 3 aromatic rings. The summed E-state index contributed by atoms with van der Waals surface area (Å²) in [5, 5.41) is 17.7. The highest BCUT2D eigenvalue weighted by Crippen LogP contribution is 2.22. The largest absolute Gasteiger partial charge is 0.492 e. The number of nitrogens with one attached hydrogen (secondary N) is 1. The van der Waals surface area contributed by atoms with Crippen LogP contribution in [0.2, 0.25) is 0 Å². The molecule has 0 aliphatic carbocycles. The third kappa shape index (κ3) is 5.04. The molecular formula is C20H18N4O5. The van der Waals surface area contributed by atoms with Crippen LogP contribution in [0.15, 0.2) is 65.5 Å². The minimum atomic E-state index is -0.583. The molecule has 1 N–H and O–H groups in total. The zero-order valence-electron chi connectivity index (χ0n) is 15.6. The van der Waals surface area contributed by atoms with Crippen LogP contribution in [0.4, 0.5) is 11.4 Å². The van der Waals surface area contributed by atoms with Crippen molar-refractivity contribution in [2.24, 2.45) is 0 Å². The molecule has 9 heteroatoms. The fraction of sp³-hybridized carbons (Fsp3) is 0.150. The minimum Gasteiger partial charge on any atom is -0.492 e. The molecule has 0 aliphatic rings. The zero-order chi connectivity index (χ0) is 20.8. The van der Waals surface area contributed by atoms with Gasteiger partial charge in [0.15, 0.2) is 0 Å². The van der Waals surface area contributed by atoms with Gasteiger partial charge in [-0.05, 0) is 31.2 Å². The molecule has 0 fully saturated rings. The molecule has 0 aliphatic heterocycles. The van der Waals surface area contributed by atoms with Gasteiger partial charge < -0.3 is 10.1 Å². The Hall–Kier alpha value is -4.01. The van der Waals surface area contributed by atoms with Gasteiger partial charge in [-0.2, -0.15) is 5.10 Å². The molecule has 2 aromatic carbocycles. The third-order valence-electron chi connectivity index (χ3n) is 4.08. The average Bonchev–Trinajstić information content (AvgIpc) is 2.71. The fourth-order valence-electron chi connectivity index (χ4n) is 2.58. The first-order valence-corrected chi connectivity index (χ1v) is 8.76. The average molecular weight is 394 g/mol. The Morgan fingerprint density at radius 3 is 2.66 bits per heavy atom. The Morgan fingerprint density at radius 1 is 1.17 bits per heavy atom. The van der Waals surface area contributed by atoms with Gasteiger partial charge in [0.25, 0.3) is 17.2 Å². The van der Waals surface area contributed by atoms with E-state index in [9.17, 15) is 19.7 Å². The highest BCUT2D eigenvalue weighted by Gasteiger charge is 2.14. The number of nitro benzene ring substituents is 1. The van der Waals surface area contributed by atoms with Crippen molar-refractivity contribution in [1.29, 1.82) is 0 Å². The van der Waals surface area contributed by atoms with Crippen LogP contribution in [-0.2, 0) is 6.54 Å². The lowest BCUT2D eigenvalue weighted by Crippen LogP contribution is -2.28. The van der Waals surface area contributed by atoms with Crippen molar-refractivity contribution in [2.45, 2.75) is 13.5 Å². The Balaban J connectivity index is 1.70. The number of benzene rings is 2. The molecule has 9 nitrogen and oxygen atoms in total. The van der Waals surface area contributed by atoms with E-state index in [0.717, 1.165) is 4.68 Å². The van der Waals surface area contributed by atoms with Gasteiger partial charge in [-0.1, -0.05) is 24.3 Å². The topological polar surface area (TPSA) is 116 Å². The van der Waals surface area contributed by atoms with Crippen molar-refractivity contribution in [2.75, 3.05) is 11.9 Å². The predicted octanol–water partition coefficient (Wildman–Crippen LogP) is 2.79. The second kappa shape index (κ2) is 8.79. The number of carbonyl (C=O) groups is 1. The first-order valence-electron chi connectivity index (χ1n) is 8.76. The molecule has 1 amide bonds.